The van der Waals surface area contributed by atoms with E-state index in [1.165, 1.54) is 11.3 Å². The summed E-state index contributed by atoms with van der Waals surface area (Å²) in [7, 11) is 0. The molecule has 0 aliphatic heterocycles. The maximum Gasteiger partial charge on any atom is 0.238 e. The molecule has 1 aliphatic rings. The lowest BCUT2D eigenvalue weighted by Gasteiger charge is -2.17. The van der Waals surface area contributed by atoms with Gasteiger partial charge in [-0.1, -0.05) is 5.16 Å². The zero-order chi connectivity index (χ0) is 12.7. The molecule has 3 heterocycles. The normalized spacial score (nSPS) is 18.4. The number of nitrogens with one attached hydrogen (secondary N) is 1. The zero-order valence-corrected chi connectivity index (χ0v) is 10.2. The van der Waals surface area contributed by atoms with E-state index in [-0.39, 0.29) is 5.92 Å². The number of rotatable bonds is 2. The van der Waals surface area contributed by atoms with Crippen molar-refractivity contribution in [3.63, 3.8) is 0 Å². The molecule has 3 aromatic rings. The van der Waals surface area contributed by atoms with Crippen molar-refractivity contribution in [1.82, 2.24) is 20.3 Å². The Labute approximate surface area is 108 Å². The van der Waals surface area contributed by atoms with Crippen LogP contribution in [0.5, 0.6) is 0 Å². The molecule has 0 spiro atoms. The quantitative estimate of drug-likeness (QED) is 0.762. The molecule has 1 N–H and O–H groups in total. The zero-order valence-electron chi connectivity index (χ0n) is 10.2. The minimum absolute atomic E-state index is 0.138. The van der Waals surface area contributed by atoms with Gasteiger partial charge in [-0.05, 0) is 31.4 Å². The van der Waals surface area contributed by atoms with E-state index in [0.717, 1.165) is 19.3 Å². The molecule has 6 heteroatoms. The van der Waals surface area contributed by atoms with Gasteiger partial charge in [-0.2, -0.15) is 10.1 Å². The first kappa shape index (κ1) is 10.5. The van der Waals surface area contributed by atoms with Gasteiger partial charge in [0.05, 0.1) is 18.4 Å². The summed E-state index contributed by atoms with van der Waals surface area (Å²) in [6.07, 6.45) is 6.59. The van der Waals surface area contributed by atoms with Crippen molar-refractivity contribution in [1.29, 1.82) is 0 Å². The number of hydrogen-bond acceptors (Lipinski definition) is 5. The Kier molecular flexibility index (Phi) is 2.26. The van der Waals surface area contributed by atoms with E-state index in [0.29, 0.717) is 17.5 Å². The average molecular weight is 256 g/mol. The van der Waals surface area contributed by atoms with Crippen LogP contribution in [0.2, 0.25) is 0 Å². The lowest BCUT2D eigenvalue weighted by Crippen LogP contribution is -2.10. The summed E-state index contributed by atoms with van der Waals surface area (Å²) in [5.74, 6) is 1.89. The third-order valence-electron chi connectivity index (χ3n) is 3.53. The molecule has 0 unspecified atom stereocenters. The first-order valence-electron chi connectivity index (χ1n) is 6.31. The number of hydrogen-bond donors (Lipinski definition) is 1. The van der Waals surface area contributed by atoms with Gasteiger partial charge in [0.25, 0.3) is 0 Å². The van der Waals surface area contributed by atoms with Crippen LogP contribution in [0.4, 0.5) is 0 Å². The summed E-state index contributed by atoms with van der Waals surface area (Å²) in [6, 6.07) is 3.62. The predicted molar refractivity (Wildman–Crippen MR) is 65.4 cm³/mol. The van der Waals surface area contributed by atoms with Gasteiger partial charge in [0.2, 0.25) is 11.7 Å². The summed E-state index contributed by atoms with van der Waals surface area (Å²) in [6.45, 7) is 0. The molecule has 0 amide bonds. The maximum atomic E-state index is 5.39. The van der Waals surface area contributed by atoms with Crippen LogP contribution < -0.4 is 0 Å². The van der Waals surface area contributed by atoms with Crippen LogP contribution >= 0.6 is 0 Å². The van der Waals surface area contributed by atoms with Crippen molar-refractivity contribution in [2.45, 2.75) is 25.2 Å². The van der Waals surface area contributed by atoms with Crippen molar-refractivity contribution in [2.75, 3.05) is 0 Å². The summed E-state index contributed by atoms with van der Waals surface area (Å²) in [4.78, 5) is 4.44. The van der Waals surface area contributed by atoms with Crippen molar-refractivity contribution < 1.29 is 8.94 Å². The summed E-state index contributed by atoms with van der Waals surface area (Å²) in [5.41, 5.74) is 2.34. The Morgan fingerprint density at radius 3 is 3.26 bits per heavy atom. The SMILES string of the molecule is c1coc(-c2noc([C@H]3CCCc4[nH]ncc43)n2)c1. The van der Waals surface area contributed by atoms with Crippen LogP contribution in [-0.4, -0.2) is 20.3 Å². The van der Waals surface area contributed by atoms with Crippen molar-refractivity contribution in [3.05, 3.63) is 41.7 Å². The molecular formula is C13H12N4O2. The molecule has 1 aliphatic carbocycles. The molecule has 6 nitrogen and oxygen atoms in total. The number of H-pyrrole nitrogens is 1. The number of nitrogens with zero attached hydrogens (tertiary/aromatic N) is 3. The maximum absolute atomic E-state index is 5.39. The summed E-state index contributed by atoms with van der Waals surface area (Å²) in [5, 5.41) is 11.1. The highest BCUT2D eigenvalue weighted by Gasteiger charge is 2.28. The molecule has 0 aromatic carbocycles. The second-order valence-corrected chi connectivity index (χ2v) is 4.68. The molecular weight excluding hydrogens is 244 g/mol. The fraction of sp³-hybridized carbons (Fsp3) is 0.308. The Morgan fingerprint density at radius 1 is 1.37 bits per heavy atom. The van der Waals surface area contributed by atoms with Gasteiger partial charge < -0.3 is 8.94 Å². The van der Waals surface area contributed by atoms with E-state index in [1.807, 2.05) is 12.3 Å². The van der Waals surface area contributed by atoms with Crippen molar-refractivity contribution >= 4 is 0 Å². The lowest BCUT2D eigenvalue weighted by atomic mass is 9.87. The highest BCUT2D eigenvalue weighted by atomic mass is 16.5. The van der Waals surface area contributed by atoms with Gasteiger partial charge in [-0.15, -0.1) is 0 Å². The number of aromatic nitrogens is 4. The van der Waals surface area contributed by atoms with E-state index in [4.69, 9.17) is 8.94 Å². The second-order valence-electron chi connectivity index (χ2n) is 4.68. The molecule has 19 heavy (non-hydrogen) atoms. The van der Waals surface area contributed by atoms with Crippen LogP contribution in [0.3, 0.4) is 0 Å². The predicted octanol–water partition coefficient (Wildman–Crippen LogP) is 2.52. The number of aromatic amines is 1. The fourth-order valence-electron chi connectivity index (χ4n) is 2.60. The molecule has 3 aromatic heterocycles. The Hall–Kier alpha value is -2.37. The van der Waals surface area contributed by atoms with E-state index in [9.17, 15) is 0 Å². The van der Waals surface area contributed by atoms with E-state index in [1.54, 1.807) is 12.3 Å². The van der Waals surface area contributed by atoms with Gasteiger partial charge >= 0.3 is 0 Å². The number of aryl methyl sites for hydroxylation is 1. The molecule has 0 saturated heterocycles. The van der Waals surface area contributed by atoms with E-state index < -0.39 is 0 Å². The smallest absolute Gasteiger partial charge is 0.238 e. The van der Waals surface area contributed by atoms with Crippen molar-refractivity contribution in [3.8, 4) is 11.6 Å². The van der Waals surface area contributed by atoms with Crippen LogP contribution in [0.1, 0.15) is 35.9 Å². The molecule has 0 fully saturated rings. The number of fused-ring (bicyclic) bond motifs is 1. The average Bonchev–Trinajstić information content (AvgIpc) is 3.18. The van der Waals surface area contributed by atoms with Gasteiger partial charge in [-0.25, -0.2) is 0 Å². The third kappa shape index (κ3) is 1.68. The van der Waals surface area contributed by atoms with Gasteiger partial charge in [0.1, 0.15) is 0 Å². The largest absolute Gasteiger partial charge is 0.461 e. The van der Waals surface area contributed by atoms with Crippen LogP contribution in [0, 0.1) is 0 Å². The number of furan rings is 1. The first-order chi connectivity index (χ1) is 9.42. The topological polar surface area (TPSA) is 80.7 Å². The van der Waals surface area contributed by atoms with Gasteiger partial charge in [-0.3, -0.25) is 5.10 Å². The van der Waals surface area contributed by atoms with Crippen LogP contribution in [0.15, 0.2) is 33.5 Å². The third-order valence-corrected chi connectivity index (χ3v) is 3.53. The van der Waals surface area contributed by atoms with Crippen LogP contribution in [-0.2, 0) is 6.42 Å². The molecule has 1 atom stereocenters. The summed E-state index contributed by atoms with van der Waals surface area (Å²) < 4.78 is 10.7. The Bertz CT molecular complexity index is 683. The summed E-state index contributed by atoms with van der Waals surface area (Å²) >= 11 is 0. The van der Waals surface area contributed by atoms with Crippen LogP contribution in [0.25, 0.3) is 11.6 Å². The van der Waals surface area contributed by atoms with Crippen molar-refractivity contribution in [2.24, 2.45) is 0 Å². The lowest BCUT2D eigenvalue weighted by molar-refractivity contribution is 0.353. The molecule has 96 valence electrons. The highest BCUT2D eigenvalue weighted by molar-refractivity contribution is 5.45. The highest BCUT2D eigenvalue weighted by Crippen LogP contribution is 2.35. The minimum Gasteiger partial charge on any atom is -0.461 e. The van der Waals surface area contributed by atoms with E-state index in [2.05, 4.69) is 20.3 Å². The Balaban J connectivity index is 1.71. The van der Waals surface area contributed by atoms with Gasteiger partial charge in [0.15, 0.2) is 5.76 Å². The minimum atomic E-state index is 0.138. The first-order valence-corrected chi connectivity index (χ1v) is 6.31. The van der Waals surface area contributed by atoms with E-state index >= 15 is 0 Å². The molecule has 0 radical (unpaired) electrons. The fourth-order valence-corrected chi connectivity index (χ4v) is 2.60. The standard InChI is InChI=1S/C13H12N4O2/c1-3-8(9-7-14-16-10(9)4-1)13-15-12(17-19-13)11-5-2-6-18-11/h2,5-8H,1,3-4H2,(H,14,16)/t8-/m0/s1. The second kappa shape index (κ2) is 4.08. The molecule has 0 bridgehead atoms. The molecule has 4 rings (SSSR count). The molecule has 0 saturated carbocycles. The van der Waals surface area contributed by atoms with Gasteiger partial charge in [0, 0.05) is 11.3 Å². The Morgan fingerprint density at radius 2 is 2.37 bits per heavy atom. The monoisotopic (exact) mass is 256 g/mol.